The predicted octanol–water partition coefficient (Wildman–Crippen LogP) is 3.98. The van der Waals surface area contributed by atoms with Crippen LogP contribution in [-0.4, -0.2) is 9.55 Å². The largest absolute Gasteiger partial charge is 0.334 e. The van der Waals surface area contributed by atoms with Crippen LogP contribution in [0.25, 0.3) is 0 Å². The zero-order valence-electron chi connectivity index (χ0n) is 13.5. The smallest absolute Gasteiger partial charge is 0.122 e. The maximum Gasteiger partial charge on any atom is 0.122 e. The highest BCUT2D eigenvalue weighted by atomic mass is 15.1. The number of nitrogens with one attached hydrogen (secondary N) is 1. The molecule has 0 saturated heterocycles. The van der Waals surface area contributed by atoms with E-state index in [1.807, 2.05) is 12.3 Å². The van der Waals surface area contributed by atoms with Gasteiger partial charge in [0.1, 0.15) is 5.82 Å². The lowest BCUT2D eigenvalue weighted by atomic mass is 10.1. The van der Waals surface area contributed by atoms with Crippen molar-refractivity contribution in [2.24, 2.45) is 0 Å². The van der Waals surface area contributed by atoms with E-state index in [4.69, 9.17) is 0 Å². The van der Waals surface area contributed by atoms with Crippen LogP contribution in [0.5, 0.6) is 0 Å². The fourth-order valence-electron chi connectivity index (χ4n) is 2.71. The molecule has 2 aromatic carbocycles. The van der Waals surface area contributed by atoms with Gasteiger partial charge in [0, 0.05) is 25.0 Å². The topological polar surface area (TPSA) is 29.9 Å². The van der Waals surface area contributed by atoms with E-state index in [9.17, 15) is 0 Å². The minimum absolute atomic E-state index is 0.315. The fourth-order valence-corrected chi connectivity index (χ4v) is 2.71. The van der Waals surface area contributed by atoms with Crippen LogP contribution in [0.4, 0.5) is 0 Å². The van der Waals surface area contributed by atoms with Crippen LogP contribution in [0.3, 0.4) is 0 Å². The van der Waals surface area contributed by atoms with Crippen molar-refractivity contribution in [2.75, 3.05) is 0 Å². The molecule has 3 heteroatoms. The van der Waals surface area contributed by atoms with Crippen molar-refractivity contribution < 1.29 is 0 Å². The van der Waals surface area contributed by atoms with E-state index in [-0.39, 0.29) is 0 Å². The summed E-state index contributed by atoms with van der Waals surface area (Å²) in [4.78, 5) is 4.49. The third-order valence-corrected chi connectivity index (χ3v) is 4.15. The molecule has 0 saturated carbocycles. The van der Waals surface area contributed by atoms with Gasteiger partial charge in [0.2, 0.25) is 0 Å². The highest BCUT2D eigenvalue weighted by Crippen LogP contribution is 2.12. The Morgan fingerprint density at radius 1 is 1.00 bits per heavy atom. The van der Waals surface area contributed by atoms with Gasteiger partial charge in [-0.1, -0.05) is 60.7 Å². The SMILES string of the molecule is CC(NCc1nccn1CCc1ccccc1)c1ccccc1. The van der Waals surface area contributed by atoms with Gasteiger partial charge < -0.3 is 9.88 Å². The van der Waals surface area contributed by atoms with Gasteiger partial charge in [-0.25, -0.2) is 4.98 Å². The zero-order valence-corrected chi connectivity index (χ0v) is 13.5. The lowest BCUT2D eigenvalue weighted by Crippen LogP contribution is -2.21. The number of hydrogen-bond donors (Lipinski definition) is 1. The van der Waals surface area contributed by atoms with Crippen molar-refractivity contribution in [3.63, 3.8) is 0 Å². The van der Waals surface area contributed by atoms with Crippen LogP contribution >= 0.6 is 0 Å². The first-order valence-electron chi connectivity index (χ1n) is 8.15. The maximum atomic E-state index is 4.49. The molecule has 0 radical (unpaired) electrons. The Labute approximate surface area is 138 Å². The van der Waals surface area contributed by atoms with Gasteiger partial charge in [-0.05, 0) is 24.5 Å². The maximum absolute atomic E-state index is 4.49. The van der Waals surface area contributed by atoms with Crippen molar-refractivity contribution >= 4 is 0 Å². The molecule has 3 aromatic rings. The van der Waals surface area contributed by atoms with Crippen molar-refractivity contribution in [1.29, 1.82) is 0 Å². The second-order valence-electron chi connectivity index (χ2n) is 5.79. The van der Waals surface area contributed by atoms with Crippen LogP contribution in [0.2, 0.25) is 0 Å². The lowest BCUT2D eigenvalue weighted by Gasteiger charge is -2.15. The Kier molecular flexibility index (Phi) is 5.22. The van der Waals surface area contributed by atoms with Gasteiger partial charge in [-0.3, -0.25) is 0 Å². The number of rotatable bonds is 7. The zero-order chi connectivity index (χ0) is 15.9. The van der Waals surface area contributed by atoms with Crippen LogP contribution in [0.1, 0.15) is 29.9 Å². The molecule has 118 valence electrons. The number of aromatic nitrogens is 2. The van der Waals surface area contributed by atoms with E-state index in [1.54, 1.807) is 0 Å². The molecule has 1 atom stereocenters. The van der Waals surface area contributed by atoms with E-state index in [0.29, 0.717) is 6.04 Å². The Balaban J connectivity index is 1.56. The minimum atomic E-state index is 0.315. The van der Waals surface area contributed by atoms with E-state index in [2.05, 4.69) is 82.6 Å². The molecule has 1 heterocycles. The number of benzene rings is 2. The van der Waals surface area contributed by atoms with Crippen LogP contribution in [0.15, 0.2) is 73.1 Å². The third kappa shape index (κ3) is 4.30. The van der Waals surface area contributed by atoms with E-state index >= 15 is 0 Å². The third-order valence-electron chi connectivity index (χ3n) is 4.15. The van der Waals surface area contributed by atoms with Gasteiger partial charge >= 0.3 is 0 Å². The van der Waals surface area contributed by atoms with Gasteiger partial charge in [0.05, 0.1) is 6.54 Å². The number of hydrogen-bond acceptors (Lipinski definition) is 2. The Hall–Kier alpha value is -2.39. The number of aryl methyl sites for hydroxylation is 2. The first kappa shape index (κ1) is 15.5. The summed E-state index contributed by atoms with van der Waals surface area (Å²) in [6.45, 7) is 3.92. The summed E-state index contributed by atoms with van der Waals surface area (Å²) in [5, 5.41) is 3.56. The molecular formula is C20H23N3. The van der Waals surface area contributed by atoms with E-state index in [0.717, 1.165) is 25.3 Å². The van der Waals surface area contributed by atoms with Crippen molar-refractivity contribution in [3.8, 4) is 0 Å². The summed E-state index contributed by atoms with van der Waals surface area (Å²) in [5.74, 6) is 1.09. The summed E-state index contributed by atoms with van der Waals surface area (Å²) in [5.41, 5.74) is 2.66. The van der Waals surface area contributed by atoms with Gasteiger partial charge in [-0.15, -0.1) is 0 Å². The molecule has 0 amide bonds. The second kappa shape index (κ2) is 7.75. The molecule has 3 rings (SSSR count). The number of imidazole rings is 1. The first-order chi connectivity index (χ1) is 11.3. The molecule has 0 aliphatic carbocycles. The summed E-state index contributed by atoms with van der Waals surface area (Å²) in [7, 11) is 0. The summed E-state index contributed by atoms with van der Waals surface area (Å²) in [6, 6.07) is 21.4. The predicted molar refractivity (Wildman–Crippen MR) is 94.1 cm³/mol. The average molecular weight is 305 g/mol. The highest BCUT2D eigenvalue weighted by molar-refractivity contribution is 5.18. The van der Waals surface area contributed by atoms with Gasteiger partial charge in [-0.2, -0.15) is 0 Å². The molecule has 1 unspecified atom stereocenters. The molecule has 0 fully saturated rings. The molecule has 0 bridgehead atoms. The van der Waals surface area contributed by atoms with Crippen LogP contribution < -0.4 is 5.32 Å². The van der Waals surface area contributed by atoms with Gasteiger partial charge in [0.25, 0.3) is 0 Å². The van der Waals surface area contributed by atoms with E-state index in [1.165, 1.54) is 11.1 Å². The summed E-state index contributed by atoms with van der Waals surface area (Å²) >= 11 is 0. The first-order valence-corrected chi connectivity index (χ1v) is 8.15. The second-order valence-corrected chi connectivity index (χ2v) is 5.79. The van der Waals surface area contributed by atoms with Crippen LogP contribution in [-0.2, 0) is 19.5 Å². The Morgan fingerprint density at radius 3 is 2.43 bits per heavy atom. The number of nitrogens with zero attached hydrogens (tertiary/aromatic N) is 2. The molecule has 1 aromatic heterocycles. The lowest BCUT2D eigenvalue weighted by molar-refractivity contribution is 0.534. The fraction of sp³-hybridized carbons (Fsp3) is 0.250. The normalized spacial score (nSPS) is 12.2. The highest BCUT2D eigenvalue weighted by Gasteiger charge is 2.07. The van der Waals surface area contributed by atoms with Gasteiger partial charge in [0.15, 0.2) is 0 Å². The standard InChI is InChI=1S/C20H23N3/c1-17(19-10-6-3-7-11-19)22-16-20-21-13-15-23(20)14-12-18-8-4-2-5-9-18/h2-11,13,15,17,22H,12,14,16H2,1H3. The minimum Gasteiger partial charge on any atom is -0.334 e. The average Bonchev–Trinajstić information content (AvgIpc) is 3.07. The monoisotopic (exact) mass is 305 g/mol. The molecule has 0 aliphatic rings. The molecule has 3 nitrogen and oxygen atoms in total. The van der Waals surface area contributed by atoms with Crippen molar-refractivity contribution in [2.45, 2.75) is 32.5 Å². The summed E-state index contributed by atoms with van der Waals surface area (Å²) < 4.78 is 2.23. The molecule has 0 aliphatic heterocycles. The quantitative estimate of drug-likeness (QED) is 0.715. The van der Waals surface area contributed by atoms with E-state index < -0.39 is 0 Å². The van der Waals surface area contributed by atoms with Crippen molar-refractivity contribution in [1.82, 2.24) is 14.9 Å². The molecule has 23 heavy (non-hydrogen) atoms. The Bertz CT molecular complexity index is 704. The summed E-state index contributed by atoms with van der Waals surface area (Å²) in [6.07, 6.45) is 4.97. The van der Waals surface area contributed by atoms with Crippen LogP contribution in [0, 0.1) is 0 Å². The molecular weight excluding hydrogens is 282 g/mol. The Morgan fingerprint density at radius 2 is 1.70 bits per heavy atom. The molecule has 0 spiro atoms. The molecule has 1 N–H and O–H groups in total. The van der Waals surface area contributed by atoms with Crippen molar-refractivity contribution in [3.05, 3.63) is 90.0 Å².